The zero-order chi connectivity index (χ0) is 16.0. The molecule has 2 aliphatic rings. The van der Waals surface area contributed by atoms with Crippen molar-refractivity contribution in [1.82, 2.24) is 10.2 Å². The predicted octanol–water partition coefficient (Wildman–Crippen LogP) is 2.21. The van der Waals surface area contributed by atoms with E-state index in [1.165, 1.54) is 5.56 Å². The molecule has 23 heavy (non-hydrogen) atoms. The van der Waals surface area contributed by atoms with Crippen LogP contribution in [0.4, 0.5) is 0 Å². The van der Waals surface area contributed by atoms with Gasteiger partial charge < -0.3 is 10.1 Å². The molecule has 1 atom stereocenters. The molecule has 4 heteroatoms. The highest BCUT2D eigenvalue weighted by atomic mass is 16.5. The molecular formula is C19H23N3O. The average molecular weight is 309 g/mol. The van der Waals surface area contributed by atoms with Gasteiger partial charge in [0, 0.05) is 39.1 Å². The van der Waals surface area contributed by atoms with E-state index in [0.29, 0.717) is 13.0 Å². The fourth-order valence-electron chi connectivity index (χ4n) is 2.98. The molecule has 1 heterocycles. The lowest BCUT2D eigenvalue weighted by molar-refractivity contribution is 0.0194. The molecule has 1 unspecified atom stereocenters. The Morgan fingerprint density at radius 1 is 1.22 bits per heavy atom. The van der Waals surface area contributed by atoms with Gasteiger partial charge in [0.1, 0.15) is 6.07 Å². The molecule has 0 radical (unpaired) electrons. The summed E-state index contributed by atoms with van der Waals surface area (Å²) < 4.78 is 5.95. The summed E-state index contributed by atoms with van der Waals surface area (Å²) in [4.78, 5) is 2.37. The quantitative estimate of drug-likeness (QED) is 0.906. The smallest absolute Gasteiger partial charge is 0.176 e. The van der Waals surface area contributed by atoms with E-state index in [0.717, 1.165) is 38.3 Å². The van der Waals surface area contributed by atoms with Crippen molar-refractivity contribution in [3.63, 3.8) is 0 Å². The number of benzene rings is 1. The Morgan fingerprint density at radius 2 is 2.00 bits per heavy atom. The number of nitrogens with one attached hydrogen (secondary N) is 1. The zero-order valence-electron chi connectivity index (χ0n) is 13.4. The molecule has 1 aliphatic carbocycles. The summed E-state index contributed by atoms with van der Waals surface area (Å²) >= 11 is 0. The topological polar surface area (TPSA) is 48.3 Å². The Labute approximate surface area is 138 Å². The second kappa shape index (κ2) is 7.56. The summed E-state index contributed by atoms with van der Waals surface area (Å²) in [6.45, 7) is 5.65. The lowest BCUT2D eigenvalue weighted by Gasteiger charge is -2.30. The van der Waals surface area contributed by atoms with E-state index in [9.17, 15) is 5.26 Å². The van der Waals surface area contributed by atoms with E-state index in [-0.39, 0.29) is 0 Å². The molecule has 1 fully saturated rings. The van der Waals surface area contributed by atoms with Crippen LogP contribution in [0.3, 0.4) is 0 Å². The number of allylic oxidation sites excluding steroid dienone is 2. The van der Waals surface area contributed by atoms with E-state index in [2.05, 4.69) is 34.5 Å². The summed E-state index contributed by atoms with van der Waals surface area (Å²) in [7, 11) is 0. The van der Waals surface area contributed by atoms with Crippen molar-refractivity contribution in [2.45, 2.75) is 12.0 Å². The highest BCUT2D eigenvalue weighted by Crippen LogP contribution is 2.29. The van der Waals surface area contributed by atoms with Gasteiger partial charge >= 0.3 is 0 Å². The molecule has 0 bridgehead atoms. The Morgan fingerprint density at radius 3 is 2.65 bits per heavy atom. The van der Waals surface area contributed by atoms with E-state index in [1.807, 2.05) is 30.4 Å². The standard InChI is InChI=1S/C19H23N3O/c20-16-19(23-15-14-22-12-10-21-11-13-22)8-6-18(7-9-19)17-4-2-1-3-5-17/h1-8,21H,9-15H2. The molecule has 0 saturated carbocycles. The van der Waals surface area contributed by atoms with Crippen molar-refractivity contribution in [3.8, 4) is 6.07 Å². The molecule has 1 N–H and O–H groups in total. The van der Waals surface area contributed by atoms with Gasteiger partial charge in [0.15, 0.2) is 5.60 Å². The van der Waals surface area contributed by atoms with Crippen molar-refractivity contribution < 1.29 is 4.74 Å². The molecule has 1 saturated heterocycles. The van der Waals surface area contributed by atoms with Crippen molar-refractivity contribution in [2.75, 3.05) is 39.3 Å². The first kappa shape index (κ1) is 15.9. The van der Waals surface area contributed by atoms with Crippen LogP contribution in [0.25, 0.3) is 5.57 Å². The van der Waals surface area contributed by atoms with Crippen molar-refractivity contribution in [1.29, 1.82) is 5.26 Å². The summed E-state index contributed by atoms with van der Waals surface area (Å²) in [6.07, 6.45) is 6.62. The van der Waals surface area contributed by atoms with Gasteiger partial charge in [-0.1, -0.05) is 42.5 Å². The minimum absolute atomic E-state index is 0.590. The van der Waals surface area contributed by atoms with Crippen LogP contribution in [0.2, 0.25) is 0 Å². The van der Waals surface area contributed by atoms with Gasteiger partial charge in [0.2, 0.25) is 0 Å². The van der Waals surface area contributed by atoms with Crippen LogP contribution >= 0.6 is 0 Å². The van der Waals surface area contributed by atoms with Crippen LogP contribution in [0.5, 0.6) is 0 Å². The largest absolute Gasteiger partial charge is 0.355 e. The van der Waals surface area contributed by atoms with Gasteiger partial charge in [-0.15, -0.1) is 0 Å². The third-order valence-corrected chi connectivity index (χ3v) is 4.43. The predicted molar refractivity (Wildman–Crippen MR) is 91.8 cm³/mol. The molecule has 4 nitrogen and oxygen atoms in total. The third kappa shape index (κ3) is 4.08. The second-order valence-corrected chi connectivity index (χ2v) is 6.00. The molecule has 0 aromatic heterocycles. The molecule has 0 amide bonds. The summed E-state index contributed by atoms with van der Waals surface area (Å²) in [5, 5.41) is 12.9. The normalized spacial score (nSPS) is 24.9. The van der Waals surface area contributed by atoms with E-state index >= 15 is 0 Å². The van der Waals surface area contributed by atoms with Gasteiger partial charge in [-0.2, -0.15) is 5.26 Å². The third-order valence-electron chi connectivity index (χ3n) is 4.43. The molecule has 0 spiro atoms. The van der Waals surface area contributed by atoms with Crippen LogP contribution in [-0.4, -0.2) is 49.8 Å². The molecule has 1 aliphatic heterocycles. The van der Waals surface area contributed by atoms with Gasteiger partial charge in [0.25, 0.3) is 0 Å². The van der Waals surface area contributed by atoms with Crippen molar-refractivity contribution >= 4 is 5.57 Å². The molecule has 3 rings (SSSR count). The SMILES string of the molecule is N#CC1(OCCN2CCNCC2)C=CC(c2ccccc2)=CC1. The summed E-state index contributed by atoms with van der Waals surface area (Å²) in [5.74, 6) is 0. The number of piperazine rings is 1. The fourth-order valence-corrected chi connectivity index (χ4v) is 2.98. The van der Waals surface area contributed by atoms with Crippen LogP contribution in [0.15, 0.2) is 48.6 Å². The van der Waals surface area contributed by atoms with E-state index in [1.54, 1.807) is 0 Å². The zero-order valence-corrected chi connectivity index (χ0v) is 13.4. The van der Waals surface area contributed by atoms with Gasteiger partial charge in [-0.05, 0) is 17.2 Å². The number of rotatable bonds is 5. The number of nitriles is 1. The first-order valence-corrected chi connectivity index (χ1v) is 8.24. The lowest BCUT2D eigenvalue weighted by atomic mass is 9.90. The highest BCUT2D eigenvalue weighted by Gasteiger charge is 2.29. The summed E-state index contributed by atoms with van der Waals surface area (Å²) in [5.41, 5.74) is 1.52. The van der Waals surface area contributed by atoms with Crippen LogP contribution in [0.1, 0.15) is 12.0 Å². The van der Waals surface area contributed by atoms with Gasteiger partial charge in [-0.25, -0.2) is 0 Å². The molecule has 1 aromatic carbocycles. The minimum Gasteiger partial charge on any atom is -0.355 e. The van der Waals surface area contributed by atoms with Crippen LogP contribution in [0, 0.1) is 11.3 Å². The van der Waals surface area contributed by atoms with Crippen molar-refractivity contribution in [2.24, 2.45) is 0 Å². The Balaban J connectivity index is 1.55. The van der Waals surface area contributed by atoms with Crippen LogP contribution < -0.4 is 5.32 Å². The lowest BCUT2D eigenvalue weighted by Crippen LogP contribution is -2.45. The summed E-state index contributed by atoms with van der Waals surface area (Å²) in [6, 6.07) is 12.6. The Kier molecular flexibility index (Phi) is 5.24. The maximum absolute atomic E-state index is 9.56. The van der Waals surface area contributed by atoms with E-state index < -0.39 is 5.60 Å². The maximum atomic E-state index is 9.56. The fraction of sp³-hybridized carbons (Fsp3) is 0.421. The average Bonchev–Trinajstić information content (AvgIpc) is 2.64. The molecule has 1 aromatic rings. The molecular weight excluding hydrogens is 286 g/mol. The van der Waals surface area contributed by atoms with Crippen LogP contribution in [-0.2, 0) is 4.74 Å². The molecule has 120 valence electrons. The van der Waals surface area contributed by atoms with Gasteiger partial charge in [-0.3, -0.25) is 4.90 Å². The first-order valence-electron chi connectivity index (χ1n) is 8.24. The number of hydrogen-bond acceptors (Lipinski definition) is 4. The maximum Gasteiger partial charge on any atom is 0.176 e. The second-order valence-electron chi connectivity index (χ2n) is 6.00. The van der Waals surface area contributed by atoms with Crippen molar-refractivity contribution in [3.05, 3.63) is 54.1 Å². The first-order chi connectivity index (χ1) is 11.3. The van der Waals surface area contributed by atoms with E-state index in [4.69, 9.17) is 4.74 Å². The minimum atomic E-state index is -0.813. The highest BCUT2D eigenvalue weighted by molar-refractivity contribution is 5.75. The number of hydrogen-bond donors (Lipinski definition) is 1. The monoisotopic (exact) mass is 309 g/mol. The Bertz CT molecular complexity index is 611. The number of ether oxygens (including phenoxy) is 1. The van der Waals surface area contributed by atoms with Gasteiger partial charge in [0.05, 0.1) is 6.61 Å². The number of nitrogens with zero attached hydrogens (tertiary/aromatic N) is 2. The Hall–Kier alpha value is -1.93.